The molecule has 35 heavy (non-hydrogen) atoms. The first-order valence-corrected chi connectivity index (χ1v) is 13.6. The summed E-state index contributed by atoms with van der Waals surface area (Å²) >= 11 is 4.58. The van der Waals surface area contributed by atoms with Gasteiger partial charge in [-0.25, -0.2) is 13.2 Å². The number of thiophene rings is 1. The van der Waals surface area contributed by atoms with Crippen molar-refractivity contribution in [3.63, 3.8) is 0 Å². The van der Waals surface area contributed by atoms with Gasteiger partial charge in [-0.05, 0) is 65.9 Å². The van der Waals surface area contributed by atoms with Gasteiger partial charge in [0.05, 0.1) is 12.0 Å². The number of carbonyl (C=O) groups excluding carboxylic acids is 2. The Bertz CT molecular complexity index is 1470. The number of esters is 1. The molecule has 1 atom stereocenters. The Morgan fingerprint density at radius 2 is 1.71 bits per heavy atom. The minimum atomic E-state index is -3.96. The molecule has 10 heteroatoms. The third-order valence-electron chi connectivity index (χ3n) is 5.19. The Kier molecular flexibility index (Phi) is 7.66. The number of hydrogen-bond acceptors (Lipinski definition) is 6. The lowest BCUT2D eigenvalue weighted by Crippen LogP contribution is -2.45. The van der Waals surface area contributed by atoms with E-state index >= 15 is 0 Å². The zero-order chi connectivity index (χ0) is 25.0. The van der Waals surface area contributed by atoms with Crippen LogP contribution in [0.2, 0.25) is 0 Å². The lowest BCUT2D eigenvalue weighted by molar-refractivity contribution is -0.117. The minimum absolute atomic E-state index is 0.0570. The van der Waals surface area contributed by atoms with Crippen LogP contribution >= 0.6 is 27.3 Å². The van der Waals surface area contributed by atoms with Gasteiger partial charge >= 0.3 is 5.97 Å². The van der Waals surface area contributed by atoms with Crippen LogP contribution in [-0.4, -0.2) is 33.4 Å². The fourth-order valence-electron chi connectivity index (χ4n) is 3.46. The van der Waals surface area contributed by atoms with Gasteiger partial charge < -0.3 is 10.1 Å². The highest BCUT2D eigenvalue weighted by molar-refractivity contribution is 9.10. The molecule has 0 saturated carbocycles. The van der Waals surface area contributed by atoms with Gasteiger partial charge in [-0.15, -0.1) is 11.3 Å². The maximum absolute atomic E-state index is 13.3. The van der Waals surface area contributed by atoms with Gasteiger partial charge in [0.25, 0.3) is 0 Å². The summed E-state index contributed by atoms with van der Waals surface area (Å²) in [6.45, 7) is 0. The molecule has 3 aromatic carbocycles. The molecule has 0 aliphatic heterocycles. The number of methoxy groups -OCH3 is 1. The molecule has 1 aromatic heterocycles. The first-order valence-electron chi connectivity index (χ1n) is 10.5. The highest BCUT2D eigenvalue weighted by Gasteiger charge is 2.26. The van der Waals surface area contributed by atoms with E-state index in [2.05, 4.69) is 26.0 Å². The van der Waals surface area contributed by atoms with Gasteiger partial charge in [0.1, 0.15) is 10.9 Å². The van der Waals surface area contributed by atoms with E-state index in [1.54, 1.807) is 36.4 Å². The van der Waals surface area contributed by atoms with Gasteiger partial charge in [-0.2, -0.15) is 4.72 Å². The van der Waals surface area contributed by atoms with Crippen LogP contribution in [0.1, 0.15) is 15.2 Å². The molecule has 1 amide bonds. The Hall–Kier alpha value is -3.05. The van der Waals surface area contributed by atoms with Crippen LogP contribution in [0, 0.1) is 0 Å². The quantitative estimate of drug-likeness (QED) is 0.290. The van der Waals surface area contributed by atoms with Crippen LogP contribution in [-0.2, 0) is 26.0 Å². The van der Waals surface area contributed by atoms with Crippen molar-refractivity contribution in [2.24, 2.45) is 0 Å². The molecule has 0 unspecified atom stereocenters. The second-order valence-corrected chi connectivity index (χ2v) is 11.4. The topological polar surface area (TPSA) is 102 Å². The molecule has 180 valence electrons. The van der Waals surface area contributed by atoms with Crippen molar-refractivity contribution in [1.29, 1.82) is 0 Å². The van der Waals surface area contributed by atoms with Crippen LogP contribution in [0.3, 0.4) is 0 Å². The molecule has 0 aliphatic carbocycles. The summed E-state index contributed by atoms with van der Waals surface area (Å²) in [5, 5.41) is 3.57. The van der Waals surface area contributed by atoms with E-state index in [1.807, 2.05) is 30.3 Å². The second-order valence-electron chi connectivity index (χ2n) is 7.66. The standard InChI is InChI=1S/C25H21BrN2O5S2/c1-33-25(30)23-15-17-14-19(9-12-22(17)34-23)27-24(29)21(13-16-5-3-2-4-6-16)28-35(31,32)20-10-7-18(26)8-11-20/h2-12,14-15,21,28H,13H2,1H3,(H,27,29)/t21-/m1/s1. The molecule has 4 rings (SSSR count). The Morgan fingerprint density at radius 1 is 1.00 bits per heavy atom. The number of sulfonamides is 1. The van der Waals surface area contributed by atoms with Gasteiger partial charge in [0, 0.05) is 14.9 Å². The molecule has 2 N–H and O–H groups in total. The third-order valence-corrected chi connectivity index (χ3v) is 8.30. The van der Waals surface area contributed by atoms with Gasteiger partial charge in [-0.1, -0.05) is 46.3 Å². The van der Waals surface area contributed by atoms with Gasteiger partial charge in [-0.3, -0.25) is 4.79 Å². The van der Waals surface area contributed by atoms with Gasteiger partial charge in [0.2, 0.25) is 15.9 Å². The number of anilines is 1. The Balaban J connectivity index is 1.59. The summed E-state index contributed by atoms with van der Waals surface area (Å²) in [6, 6.07) is 21.2. The maximum atomic E-state index is 13.3. The highest BCUT2D eigenvalue weighted by atomic mass is 79.9. The molecule has 1 heterocycles. The summed E-state index contributed by atoms with van der Waals surface area (Å²) in [5.74, 6) is -0.931. The van der Waals surface area contributed by atoms with Crippen molar-refractivity contribution in [3.8, 4) is 0 Å². The van der Waals surface area contributed by atoms with Crippen LogP contribution < -0.4 is 10.0 Å². The van der Waals surface area contributed by atoms with Crippen molar-refractivity contribution >= 4 is 64.9 Å². The molecule has 0 aliphatic rings. The third kappa shape index (κ3) is 6.15. The number of benzene rings is 3. The fraction of sp³-hybridized carbons (Fsp3) is 0.120. The number of hydrogen-bond donors (Lipinski definition) is 2. The van der Waals surface area contributed by atoms with E-state index in [9.17, 15) is 18.0 Å². The smallest absolute Gasteiger partial charge is 0.348 e. The van der Waals surface area contributed by atoms with Crippen LogP contribution in [0.15, 0.2) is 88.2 Å². The predicted octanol–water partition coefficient (Wildman–Crippen LogP) is 4.98. The van der Waals surface area contributed by atoms with E-state index in [0.29, 0.717) is 10.6 Å². The second kappa shape index (κ2) is 10.7. The number of halogens is 1. The number of fused-ring (bicyclic) bond motifs is 1. The Morgan fingerprint density at radius 3 is 2.40 bits per heavy atom. The van der Waals surface area contributed by atoms with Crippen molar-refractivity contribution in [2.45, 2.75) is 17.4 Å². The Labute approximate surface area is 215 Å². The number of rotatable bonds is 8. The summed E-state index contributed by atoms with van der Waals surface area (Å²) in [7, 11) is -2.64. The van der Waals surface area contributed by atoms with Crippen molar-refractivity contribution in [1.82, 2.24) is 4.72 Å². The number of amides is 1. The van der Waals surface area contributed by atoms with Gasteiger partial charge in [0.15, 0.2) is 0 Å². The lowest BCUT2D eigenvalue weighted by Gasteiger charge is -2.19. The molecular weight excluding hydrogens is 552 g/mol. The van der Waals surface area contributed by atoms with Crippen LogP contribution in [0.5, 0.6) is 0 Å². The van der Waals surface area contributed by atoms with Crippen molar-refractivity contribution < 1.29 is 22.7 Å². The normalized spacial score (nSPS) is 12.3. The summed E-state index contributed by atoms with van der Waals surface area (Å²) in [5.41, 5.74) is 1.29. The summed E-state index contributed by atoms with van der Waals surface area (Å²) < 4.78 is 35.0. The molecule has 0 radical (unpaired) electrons. The summed E-state index contributed by atoms with van der Waals surface area (Å²) in [6.07, 6.45) is 0.162. The largest absolute Gasteiger partial charge is 0.465 e. The average Bonchev–Trinajstić information content (AvgIpc) is 3.27. The molecule has 0 bridgehead atoms. The van der Waals surface area contributed by atoms with E-state index in [0.717, 1.165) is 20.1 Å². The first-order chi connectivity index (χ1) is 16.7. The maximum Gasteiger partial charge on any atom is 0.348 e. The molecule has 0 fully saturated rings. The highest BCUT2D eigenvalue weighted by Crippen LogP contribution is 2.29. The fourth-order valence-corrected chi connectivity index (χ4v) is 5.88. The van der Waals surface area contributed by atoms with Crippen LogP contribution in [0.25, 0.3) is 10.1 Å². The summed E-state index contributed by atoms with van der Waals surface area (Å²) in [4.78, 5) is 25.6. The zero-order valence-electron chi connectivity index (χ0n) is 18.5. The molecular formula is C25H21BrN2O5S2. The zero-order valence-corrected chi connectivity index (χ0v) is 21.7. The lowest BCUT2D eigenvalue weighted by atomic mass is 10.1. The van der Waals surface area contributed by atoms with Crippen molar-refractivity contribution in [3.05, 3.63) is 93.8 Å². The average molecular weight is 573 g/mol. The molecule has 0 saturated heterocycles. The van der Waals surface area contributed by atoms with E-state index in [4.69, 9.17) is 4.74 Å². The van der Waals surface area contributed by atoms with E-state index < -0.39 is 27.9 Å². The van der Waals surface area contributed by atoms with E-state index in [-0.39, 0.29) is 11.3 Å². The molecule has 4 aromatic rings. The minimum Gasteiger partial charge on any atom is -0.465 e. The van der Waals surface area contributed by atoms with E-state index in [1.165, 1.54) is 30.6 Å². The monoisotopic (exact) mass is 572 g/mol. The van der Waals surface area contributed by atoms with Crippen LogP contribution in [0.4, 0.5) is 5.69 Å². The predicted molar refractivity (Wildman–Crippen MR) is 140 cm³/mol. The molecule has 7 nitrogen and oxygen atoms in total. The van der Waals surface area contributed by atoms with Crippen molar-refractivity contribution in [2.75, 3.05) is 12.4 Å². The first kappa shape index (κ1) is 25.1. The number of carbonyl (C=O) groups is 2. The molecule has 0 spiro atoms. The number of nitrogens with one attached hydrogen (secondary N) is 2. The number of ether oxygens (including phenoxy) is 1. The SMILES string of the molecule is COC(=O)c1cc2cc(NC(=O)[C@@H](Cc3ccccc3)NS(=O)(=O)c3ccc(Br)cc3)ccc2s1.